The van der Waals surface area contributed by atoms with Crippen LogP contribution in [0, 0.1) is 0 Å². The Morgan fingerprint density at radius 2 is 2.09 bits per heavy atom. The predicted octanol–water partition coefficient (Wildman–Crippen LogP) is 1.04. The molecule has 4 nitrogen and oxygen atoms in total. The number of ether oxygens (including phenoxy) is 1. The first kappa shape index (κ1) is 8.04. The van der Waals surface area contributed by atoms with Gasteiger partial charge in [-0.15, -0.1) is 5.10 Å². The fourth-order valence-electron chi connectivity index (χ4n) is 0.666. The van der Waals surface area contributed by atoms with Gasteiger partial charge in [-0.2, -0.15) is 9.90 Å². The van der Waals surface area contributed by atoms with E-state index in [0.717, 1.165) is 0 Å². The summed E-state index contributed by atoms with van der Waals surface area (Å²) in [7, 11) is 1.58. The van der Waals surface area contributed by atoms with Crippen LogP contribution in [0.5, 0.6) is 5.88 Å². The number of hydrogen-bond donors (Lipinski definition) is 0. The van der Waals surface area contributed by atoms with E-state index in [1.165, 1.54) is 0 Å². The van der Waals surface area contributed by atoms with Crippen molar-refractivity contribution in [3.63, 3.8) is 0 Å². The lowest BCUT2D eigenvalue weighted by Gasteiger charge is -2.16. The first-order chi connectivity index (χ1) is 5.04. The smallest absolute Gasteiger partial charge is 0.253 e. The molecule has 0 saturated heterocycles. The van der Waals surface area contributed by atoms with E-state index in [-0.39, 0.29) is 5.54 Å². The maximum Gasteiger partial charge on any atom is 0.253 e. The lowest BCUT2D eigenvalue weighted by Crippen LogP contribution is -2.24. The minimum Gasteiger partial charge on any atom is -0.479 e. The van der Waals surface area contributed by atoms with Gasteiger partial charge in [0.25, 0.3) is 5.88 Å². The van der Waals surface area contributed by atoms with Crippen LogP contribution < -0.4 is 4.74 Å². The van der Waals surface area contributed by atoms with Crippen LogP contribution >= 0.6 is 0 Å². The van der Waals surface area contributed by atoms with E-state index in [1.54, 1.807) is 18.1 Å². The van der Waals surface area contributed by atoms with Crippen LogP contribution in [0.4, 0.5) is 0 Å². The van der Waals surface area contributed by atoms with Gasteiger partial charge >= 0.3 is 0 Å². The summed E-state index contributed by atoms with van der Waals surface area (Å²) in [6.45, 7) is 6.10. The fraction of sp³-hybridized carbons (Fsp3) is 0.714. The molecule has 0 bridgehead atoms. The van der Waals surface area contributed by atoms with Crippen molar-refractivity contribution in [2.75, 3.05) is 7.11 Å². The molecule has 1 rings (SSSR count). The molecule has 0 radical (unpaired) electrons. The van der Waals surface area contributed by atoms with Crippen LogP contribution in [-0.4, -0.2) is 22.1 Å². The zero-order valence-electron chi connectivity index (χ0n) is 7.33. The summed E-state index contributed by atoms with van der Waals surface area (Å²) in [5.74, 6) is 0.555. The van der Waals surface area contributed by atoms with Gasteiger partial charge in [-0.05, 0) is 20.8 Å². The Kier molecular flexibility index (Phi) is 1.85. The molecule has 0 atom stereocenters. The highest BCUT2D eigenvalue weighted by Gasteiger charge is 2.15. The normalized spacial score (nSPS) is 11.6. The summed E-state index contributed by atoms with van der Waals surface area (Å²) >= 11 is 0. The molecule has 0 N–H and O–H groups in total. The van der Waals surface area contributed by atoms with Gasteiger partial charge in [-0.25, -0.2) is 0 Å². The Morgan fingerprint density at radius 3 is 2.36 bits per heavy atom. The summed E-state index contributed by atoms with van der Waals surface area (Å²) in [5, 5.41) is 8.12. The van der Waals surface area contributed by atoms with Crippen molar-refractivity contribution in [3.05, 3.63) is 6.20 Å². The van der Waals surface area contributed by atoms with Crippen molar-refractivity contribution in [1.82, 2.24) is 15.0 Å². The second-order valence-corrected chi connectivity index (χ2v) is 3.35. The molecule has 1 aromatic heterocycles. The molecule has 0 aromatic carbocycles. The second kappa shape index (κ2) is 2.53. The van der Waals surface area contributed by atoms with Crippen LogP contribution in [-0.2, 0) is 5.54 Å². The van der Waals surface area contributed by atoms with Gasteiger partial charge in [0.15, 0.2) is 0 Å². The third-order valence-electron chi connectivity index (χ3n) is 1.28. The molecular weight excluding hydrogens is 142 g/mol. The average molecular weight is 155 g/mol. The summed E-state index contributed by atoms with van der Waals surface area (Å²) in [6, 6.07) is 0. The van der Waals surface area contributed by atoms with E-state index < -0.39 is 0 Å². The van der Waals surface area contributed by atoms with E-state index in [1.807, 2.05) is 20.8 Å². The minimum atomic E-state index is -0.0726. The monoisotopic (exact) mass is 155 g/mol. The van der Waals surface area contributed by atoms with Gasteiger partial charge in [0.2, 0.25) is 0 Å². The van der Waals surface area contributed by atoms with Gasteiger partial charge in [0, 0.05) is 0 Å². The number of nitrogens with zero attached hydrogens (tertiary/aromatic N) is 3. The maximum atomic E-state index is 4.90. The third-order valence-corrected chi connectivity index (χ3v) is 1.28. The van der Waals surface area contributed by atoms with E-state index >= 15 is 0 Å². The lowest BCUT2D eigenvalue weighted by atomic mass is 10.1. The molecule has 4 heteroatoms. The molecule has 62 valence electrons. The van der Waals surface area contributed by atoms with E-state index in [0.29, 0.717) is 5.88 Å². The van der Waals surface area contributed by atoms with Crippen molar-refractivity contribution in [1.29, 1.82) is 0 Å². The molecule has 0 aliphatic carbocycles. The highest BCUT2D eigenvalue weighted by atomic mass is 16.5. The summed E-state index contributed by atoms with van der Waals surface area (Å²) in [4.78, 5) is 1.63. The van der Waals surface area contributed by atoms with Crippen molar-refractivity contribution < 1.29 is 4.74 Å². The second-order valence-electron chi connectivity index (χ2n) is 3.35. The number of methoxy groups -OCH3 is 1. The molecule has 1 aromatic rings. The van der Waals surface area contributed by atoms with Crippen LogP contribution in [0.1, 0.15) is 20.8 Å². The molecule has 0 amide bonds. The zero-order chi connectivity index (χ0) is 8.48. The Labute approximate surface area is 66.2 Å². The number of rotatable bonds is 1. The molecule has 0 fully saturated rings. The first-order valence-corrected chi connectivity index (χ1v) is 3.51. The summed E-state index contributed by atoms with van der Waals surface area (Å²) in [5.41, 5.74) is -0.0726. The van der Waals surface area contributed by atoms with Gasteiger partial charge < -0.3 is 4.74 Å². The Bertz CT molecular complexity index is 236. The third kappa shape index (κ3) is 1.69. The van der Waals surface area contributed by atoms with E-state index in [4.69, 9.17) is 4.74 Å². The van der Waals surface area contributed by atoms with Crippen LogP contribution in [0.15, 0.2) is 6.20 Å². The molecule has 1 heterocycles. The highest BCUT2D eigenvalue weighted by molar-refractivity contribution is 4.98. The Hall–Kier alpha value is -1.06. The van der Waals surface area contributed by atoms with Crippen LogP contribution in [0.25, 0.3) is 0 Å². The predicted molar refractivity (Wildman–Crippen MR) is 41.6 cm³/mol. The molecule has 0 spiro atoms. The topological polar surface area (TPSA) is 39.9 Å². The van der Waals surface area contributed by atoms with Crippen LogP contribution in [0.3, 0.4) is 0 Å². The first-order valence-electron chi connectivity index (χ1n) is 3.51. The molecule has 0 saturated carbocycles. The highest BCUT2D eigenvalue weighted by Crippen LogP contribution is 2.12. The van der Waals surface area contributed by atoms with E-state index in [2.05, 4.69) is 10.2 Å². The van der Waals surface area contributed by atoms with Crippen molar-refractivity contribution in [2.45, 2.75) is 26.3 Å². The number of aromatic nitrogens is 3. The lowest BCUT2D eigenvalue weighted by molar-refractivity contribution is 0.299. The van der Waals surface area contributed by atoms with Gasteiger partial charge in [0.05, 0.1) is 12.6 Å². The molecule has 0 aliphatic heterocycles. The quantitative estimate of drug-likeness (QED) is 0.608. The average Bonchev–Trinajstić information content (AvgIpc) is 2.32. The largest absolute Gasteiger partial charge is 0.479 e. The van der Waals surface area contributed by atoms with Gasteiger partial charge in [-0.1, -0.05) is 0 Å². The van der Waals surface area contributed by atoms with Crippen molar-refractivity contribution in [2.24, 2.45) is 0 Å². The summed E-state index contributed by atoms with van der Waals surface area (Å²) < 4.78 is 4.90. The fourth-order valence-corrected chi connectivity index (χ4v) is 0.666. The van der Waals surface area contributed by atoms with Crippen molar-refractivity contribution in [3.8, 4) is 5.88 Å². The molecule has 11 heavy (non-hydrogen) atoms. The Balaban J connectivity index is 2.89. The molecule has 0 aliphatic rings. The SMILES string of the molecule is COc1cnn(C(C)(C)C)n1. The number of hydrogen-bond acceptors (Lipinski definition) is 3. The summed E-state index contributed by atoms with van der Waals surface area (Å²) in [6.07, 6.45) is 1.60. The molecular formula is C7H13N3O. The molecule has 0 unspecified atom stereocenters. The van der Waals surface area contributed by atoms with Gasteiger partial charge in [0.1, 0.15) is 6.20 Å². The Morgan fingerprint density at radius 1 is 1.45 bits per heavy atom. The maximum absolute atomic E-state index is 4.90. The zero-order valence-corrected chi connectivity index (χ0v) is 7.33. The van der Waals surface area contributed by atoms with Crippen molar-refractivity contribution >= 4 is 0 Å². The van der Waals surface area contributed by atoms with E-state index in [9.17, 15) is 0 Å². The van der Waals surface area contributed by atoms with Crippen LogP contribution in [0.2, 0.25) is 0 Å². The van der Waals surface area contributed by atoms with Gasteiger partial charge in [-0.3, -0.25) is 0 Å². The standard InChI is InChI=1S/C7H13N3O/c1-7(2,3)10-8-5-6(9-10)11-4/h5H,1-4H3. The minimum absolute atomic E-state index is 0.0726.